The van der Waals surface area contributed by atoms with E-state index < -0.39 is 43.8 Å². The normalized spacial score (nSPS) is 9.67. The van der Waals surface area contributed by atoms with Crippen LogP contribution in [0.2, 0.25) is 0 Å². The first-order chi connectivity index (χ1) is 8.98. The first kappa shape index (κ1) is 21.3. The van der Waals surface area contributed by atoms with Gasteiger partial charge in [-0.3, -0.25) is 0 Å². The molecule has 21 heavy (non-hydrogen) atoms. The van der Waals surface area contributed by atoms with E-state index in [2.05, 4.69) is 13.6 Å². The number of rotatable bonds is 6. The van der Waals surface area contributed by atoms with Gasteiger partial charge in [0.1, 0.15) is 0 Å². The molecule has 0 aromatic heterocycles. The monoisotopic (exact) mass is 328 g/mol. The molecule has 0 saturated heterocycles. The number of carbonyl (C=O) groups excluding carboxylic acids is 6. The van der Waals surface area contributed by atoms with Crippen LogP contribution >= 0.6 is 7.82 Å². The Bertz CT molecular complexity index is 489. The maximum Gasteiger partial charge on any atom is 1.00 e. The molecular weight excluding hydrogens is 327 g/mol. The van der Waals surface area contributed by atoms with Crippen LogP contribution in [0.15, 0.2) is 0 Å². The van der Waals surface area contributed by atoms with E-state index in [9.17, 15) is 46.5 Å². The van der Waals surface area contributed by atoms with Gasteiger partial charge in [0.15, 0.2) is 0 Å². The molecule has 0 saturated carbocycles. The van der Waals surface area contributed by atoms with E-state index >= 15 is 0 Å². The molecule has 0 unspecified atom stereocenters. The van der Waals surface area contributed by atoms with Gasteiger partial charge in [0.05, 0.1) is 0 Å². The molecule has 0 amide bonds. The predicted molar refractivity (Wildman–Crippen MR) is 45.3 cm³/mol. The standard InChI is InChI=1S/C6F3O10P.Li.H/c7-1(10)4(13)17-20(16,18-5(14)2(8)11)19-6(15)3(9)12;;/q;+1;-1. The van der Waals surface area contributed by atoms with Gasteiger partial charge in [0.2, 0.25) is 0 Å². The summed E-state index contributed by atoms with van der Waals surface area (Å²) in [6, 6.07) is -8.80. The Hall–Kier alpha value is -1.96. The second-order valence-corrected chi connectivity index (χ2v) is 3.85. The summed E-state index contributed by atoms with van der Waals surface area (Å²) in [5, 5.41) is 0. The summed E-state index contributed by atoms with van der Waals surface area (Å²) in [6.07, 6.45) is 0. The van der Waals surface area contributed by atoms with Crippen molar-refractivity contribution in [2.45, 2.75) is 0 Å². The van der Waals surface area contributed by atoms with Crippen LogP contribution in [0.1, 0.15) is 1.43 Å². The second kappa shape index (κ2) is 8.35. The van der Waals surface area contributed by atoms with E-state index in [0.29, 0.717) is 0 Å². The number of phosphoric acid groups is 1. The molecule has 15 heteroatoms. The number of halogens is 3. The minimum Gasteiger partial charge on any atom is -1.00 e. The van der Waals surface area contributed by atoms with E-state index in [0.717, 1.165) is 0 Å². The quantitative estimate of drug-likeness (QED) is 0.207. The molecule has 0 aromatic carbocycles. The molecule has 112 valence electrons. The van der Waals surface area contributed by atoms with Crippen molar-refractivity contribution in [2.24, 2.45) is 0 Å². The molecule has 0 bridgehead atoms. The molecule has 0 radical (unpaired) electrons. The molecule has 0 aromatic rings. The smallest absolute Gasteiger partial charge is 1.00 e. The van der Waals surface area contributed by atoms with Gasteiger partial charge >= 0.3 is 62.7 Å². The first-order valence-corrected chi connectivity index (χ1v) is 5.34. The Balaban J connectivity index is -0.00000180. The minimum atomic E-state index is -5.98. The Kier molecular flexibility index (Phi) is 8.49. The molecule has 10 nitrogen and oxygen atoms in total. The molecule has 0 rings (SSSR count). The molecular formula is C6HF3LiO10P. The Morgan fingerprint density at radius 2 is 0.857 bits per heavy atom. The largest absolute Gasteiger partial charge is 1.00 e. The summed E-state index contributed by atoms with van der Waals surface area (Å²) >= 11 is 0. The number of phosphoric ester groups is 1. The Morgan fingerprint density at radius 3 is 1.00 bits per heavy atom. The van der Waals surface area contributed by atoms with E-state index in [1.165, 1.54) is 0 Å². The maximum atomic E-state index is 11.8. The average Bonchev–Trinajstić information content (AvgIpc) is 2.27. The van der Waals surface area contributed by atoms with Crippen molar-refractivity contribution in [3.8, 4) is 0 Å². The summed E-state index contributed by atoms with van der Waals surface area (Å²) in [5.74, 6) is -7.98. The zero-order valence-electron chi connectivity index (χ0n) is 10.7. The third-order valence-corrected chi connectivity index (χ3v) is 2.23. The Morgan fingerprint density at radius 1 is 0.667 bits per heavy atom. The number of carbonyl (C=O) groups is 6. The van der Waals surface area contributed by atoms with Gasteiger partial charge in [-0.15, -0.1) is 0 Å². The van der Waals surface area contributed by atoms with Gasteiger partial charge in [-0.25, -0.2) is 28.8 Å². The number of hydrogen-bond donors (Lipinski definition) is 0. The predicted octanol–water partition coefficient (Wildman–Crippen LogP) is -3.67. The molecule has 0 fully saturated rings. The summed E-state index contributed by atoms with van der Waals surface area (Å²) in [5.41, 5.74) is 0. The summed E-state index contributed by atoms with van der Waals surface area (Å²) in [6.45, 7) is 0. The van der Waals surface area contributed by atoms with Crippen molar-refractivity contribution < 1.29 is 80.4 Å². The van der Waals surface area contributed by atoms with Crippen molar-refractivity contribution in [3.63, 3.8) is 0 Å². The van der Waals surface area contributed by atoms with Crippen molar-refractivity contribution >= 4 is 43.8 Å². The summed E-state index contributed by atoms with van der Waals surface area (Å²) in [4.78, 5) is 60.7. The summed E-state index contributed by atoms with van der Waals surface area (Å²) in [7, 11) is -5.98. The van der Waals surface area contributed by atoms with Crippen molar-refractivity contribution in [1.82, 2.24) is 0 Å². The SMILES string of the molecule is O=C(F)C(=O)OP(=O)(OC(=O)C(=O)F)OC(=O)C(=O)F.[H-].[Li+]. The van der Waals surface area contributed by atoms with Gasteiger partial charge in [0, 0.05) is 0 Å². The minimum absolute atomic E-state index is 0. The molecule has 0 aliphatic rings. The fraction of sp³-hybridized carbons (Fsp3) is 0. The molecule has 0 aliphatic heterocycles. The maximum absolute atomic E-state index is 11.8. The average molecular weight is 328 g/mol. The van der Waals surface area contributed by atoms with Crippen molar-refractivity contribution in [2.75, 3.05) is 0 Å². The van der Waals surface area contributed by atoms with Crippen molar-refractivity contribution in [3.05, 3.63) is 0 Å². The molecule has 0 heterocycles. The molecule has 0 aliphatic carbocycles. The van der Waals surface area contributed by atoms with E-state index in [4.69, 9.17) is 0 Å². The van der Waals surface area contributed by atoms with Crippen LogP contribution in [0.3, 0.4) is 0 Å². The van der Waals surface area contributed by atoms with Gasteiger partial charge in [-0.1, -0.05) is 0 Å². The van der Waals surface area contributed by atoms with Crippen molar-refractivity contribution in [1.29, 1.82) is 0 Å². The van der Waals surface area contributed by atoms with Gasteiger partial charge in [-0.05, 0) is 0 Å². The molecule has 0 N–H and O–H groups in total. The topological polar surface area (TPSA) is 147 Å². The summed E-state index contributed by atoms with van der Waals surface area (Å²) < 4.78 is 56.4. The molecule has 0 atom stereocenters. The zero-order chi connectivity index (χ0) is 16.1. The van der Waals surface area contributed by atoms with E-state index in [-0.39, 0.29) is 20.3 Å². The third-order valence-electron chi connectivity index (χ3n) is 1.07. The third kappa shape index (κ3) is 7.40. The van der Waals surface area contributed by atoms with E-state index in [1.54, 1.807) is 0 Å². The Labute approximate surface area is 125 Å². The van der Waals surface area contributed by atoms with E-state index in [1.807, 2.05) is 0 Å². The fourth-order valence-electron chi connectivity index (χ4n) is 0.468. The first-order valence-electron chi connectivity index (χ1n) is 3.88. The van der Waals surface area contributed by atoms with Gasteiger partial charge < -0.3 is 15.0 Å². The van der Waals surface area contributed by atoms with Crippen LogP contribution in [-0.2, 0) is 46.9 Å². The second-order valence-electron chi connectivity index (χ2n) is 2.40. The zero-order valence-corrected chi connectivity index (χ0v) is 10.6. The van der Waals surface area contributed by atoms with Crippen LogP contribution in [0, 0.1) is 0 Å². The van der Waals surface area contributed by atoms with Crippen LogP contribution in [0.4, 0.5) is 13.2 Å². The van der Waals surface area contributed by atoms with Gasteiger partial charge in [0.25, 0.3) is 0 Å². The van der Waals surface area contributed by atoms with Gasteiger partial charge in [-0.2, -0.15) is 17.7 Å². The van der Waals surface area contributed by atoms with Crippen LogP contribution < -0.4 is 18.9 Å². The van der Waals surface area contributed by atoms with Crippen LogP contribution in [0.25, 0.3) is 0 Å². The molecule has 0 spiro atoms. The van der Waals surface area contributed by atoms with Crippen LogP contribution in [-0.4, -0.2) is 36.0 Å². The van der Waals surface area contributed by atoms with Crippen LogP contribution in [0.5, 0.6) is 0 Å². The number of hydrogen-bond acceptors (Lipinski definition) is 10. The fourth-order valence-corrected chi connectivity index (χ4v) is 1.40.